The van der Waals surface area contributed by atoms with Gasteiger partial charge in [0.05, 0.1) is 19.3 Å². The lowest BCUT2D eigenvalue weighted by molar-refractivity contribution is -0.0293. The predicted molar refractivity (Wildman–Crippen MR) is 79.0 cm³/mol. The summed E-state index contributed by atoms with van der Waals surface area (Å²) in [5, 5.41) is 12.0. The molecule has 2 N–H and O–H groups in total. The van der Waals surface area contributed by atoms with Crippen LogP contribution in [0.15, 0.2) is 24.3 Å². The van der Waals surface area contributed by atoms with E-state index < -0.39 is 0 Å². The van der Waals surface area contributed by atoms with Gasteiger partial charge in [0.2, 0.25) is 0 Å². The molecule has 1 aromatic rings. The van der Waals surface area contributed by atoms with Crippen LogP contribution in [0, 0.1) is 0 Å². The molecule has 1 unspecified atom stereocenters. The Morgan fingerprint density at radius 2 is 2.29 bits per heavy atom. The average molecular weight is 290 g/mol. The highest BCUT2D eigenvalue weighted by Crippen LogP contribution is 2.28. The Morgan fingerprint density at radius 1 is 1.43 bits per heavy atom. The summed E-state index contributed by atoms with van der Waals surface area (Å²) in [6, 6.07) is 7.80. The fourth-order valence-corrected chi connectivity index (χ4v) is 2.76. The van der Waals surface area contributed by atoms with Crippen LogP contribution in [-0.2, 0) is 11.3 Å². The normalized spacial score (nSPS) is 23.0. The van der Waals surface area contributed by atoms with Crippen molar-refractivity contribution in [2.45, 2.75) is 31.6 Å². The van der Waals surface area contributed by atoms with Gasteiger partial charge < -0.3 is 15.2 Å². The molecule has 1 amide bonds. The Bertz CT molecular complexity index is 502. The number of rotatable bonds is 5. The second kappa shape index (κ2) is 6.56. The van der Waals surface area contributed by atoms with E-state index in [1.54, 1.807) is 24.3 Å². The Kier molecular flexibility index (Phi) is 4.53. The highest BCUT2D eigenvalue weighted by molar-refractivity contribution is 5.94. The number of nitrogens with zero attached hydrogens (tertiary/aromatic N) is 1. The molecule has 1 heterocycles. The maximum atomic E-state index is 12.1. The van der Waals surface area contributed by atoms with Gasteiger partial charge in [-0.1, -0.05) is 12.1 Å². The first-order valence-electron chi connectivity index (χ1n) is 7.60. The van der Waals surface area contributed by atoms with Crippen molar-refractivity contribution in [1.82, 2.24) is 10.2 Å². The number of hydrogen-bond acceptors (Lipinski definition) is 4. The van der Waals surface area contributed by atoms with Crippen molar-refractivity contribution in [2.75, 3.05) is 26.2 Å². The highest BCUT2D eigenvalue weighted by Gasteiger charge is 2.32. The summed E-state index contributed by atoms with van der Waals surface area (Å²) < 4.78 is 5.72. The third-order valence-corrected chi connectivity index (χ3v) is 4.10. The van der Waals surface area contributed by atoms with Crippen molar-refractivity contribution in [3.63, 3.8) is 0 Å². The molecule has 0 bridgehead atoms. The Hall–Kier alpha value is -1.43. The molecule has 1 aliphatic heterocycles. The molecule has 1 aromatic carbocycles. The zero-order valence-corrected chi connectivity index (χ0v) is 12.1. The molecule has 0 aromatic heterocycles. The minimum Gasteiger partial charge on any atom is -0.392 e. The summed E-state index contributed by atoms with van der Waals surface area (Å²) in [6.45, 7) is 3.14. The molecule has 1 saturated carbocycles. The van der Waals surface area contributed by atoms with Crippen molar-refractivity contribution in [1.29, 1.82) is 0 Å². The summed E-state index contributed by atoms with van der Waals surface area (Å²) in [5.74, 6) is -0.113. The fourth-order valence-electron chi connectivity index (χ4n) is 2.76. The van der Waals surface area contributed by atoms with E-state index in [0.29, 0.717) is 12.1 Å². The molecule has 1 atom stereocenters. The molecule has 114 valence electrons. The van der Waals surface area contributed by atoms with Gasteiger partial charge >= 0.3 is 0 Å². The Balaban J connectivity index is 1.50. The van der Waals surface area contributed by atoms with E-state index in [1.165, 1.54) is 12.8 Å². The minimum atomic E-state index is -0.113. The lowest BCUT2D eigenvalue weighted by Crippen LogP contribution is -2.48. The number of ether oxygens (including phenoxy) is 1. The fraction of sp³-hybridized carbons (Fsp3) is 0.562. The number of nitrogens with one attached hydrogen (secondary N) is 1. The van der Waals surface area contributed by atoms with Crippen molar-refractivity contribution in [2.24, 2.45) is 0 Å². The summed E-state index contributed by atoms with van der Waals surface area (Å²) in [7, 11) is 0. The lowest BCUT2D eigenvalue weighted by atomic mass is 10.1. The van der Waals surface area contributed by atoms with Crippen LogP contribution >= 0.6 is 0 Å². The van der Waals surface area contributed by atoms with Crippen LogP contribution < -0.4 is 5.32 Å². The number of aliphatic hydroxyl groups is 1. The van der Waals surface area contributed by atoms with Crippen molar-refractivity contribution >= 4 is 5.91 Å². The molecule has 2 fully saturated rings. The molecule has 21 heavy (non-hydrogen) atoms. The first-order chi connectivity index (χ1) is 10.3. The molecule has 0 spiro atoms. The van der Waals surface area contributed by atoms with Crippen LogP contribution in [0.3, 0.4) is 0 Å². The standard InChI is InChI=1S/C16H22N2O3/c19-11-12-2-1-3-13(8-12)16(20)17-9-15-10-18(6-7-21-15)14-4-5-14/h1-3,8,14-15,19H,4-7,9-11H2,(H,17,20). The number of aliphatic hydroxyl groups excluding tert-OH is 1. The maximum Gasteiger partial charge on any atom is 0.251 e. The van der Waals surface area contributed by atoms with Gasteiger partial charge in [-0.15, -0.1) is 0 Å². The molecule has 5 heteroatoms. The molecular weight excluding hydrogens is 268 g/mol. The van der Waals surface area contributed by atoms with Crippen molar-refractivity contribution < 1.29 is 14.6 Å². The van der Waals surface area contributed by atoms with E-state index in [0.717, 1.165) is 31.3 Å². The van der Waals surface area contributed by atoms with E-state index in [-0.39, 0.29) is 18.6 Å². The summed E-state index contributed by atoms with van der Waals surface area (Å²) in [6.07, 6.45) is 2.67. The largest absolute Gasteiger partial charge is 0.392 e. The van der Waals surface area contributed by atoms with Crippen LogP contribution in [-0.4, -0.2) is 54.3 Å². The Labute approximate surface area is 124 Å². The third kappa shape index (κ3) is 3.81. The van der Waals surface area contributed by atoms with Gasteiger partial charge in [-0.3, -0.25) is 9.69 Å². The van der Waals surface area contributed by atoms with Gasteiger partial charge in [-0.05, 0) is 30.5 Å². The van der Waals surface area contributed by atoms with Gasteiger partial charge in [-0.2, -0.15) is 0 Å². The van der Waals surface area contributed by atoms with Crippen LogP contribution in [0.25, 0.3) is 0 Å². The molecule has 2 aliphatic rings. The van der Waals surface area contributed by atoms with E-state index in [1.807, 2.05) is 0 Å². The minimum absolute atomic E-state index is 0.0524. The third-order valence-electron chi connectivity index (χ3n) is 4.10. The van der Waals surface area contributed by atoms with Crippen LogP contribution in [0.5, 0.6) is 0 Å². The van der Waals surface area contributed by atoms with Gasteiger partial charge in [0.15, 0.2) is 0 Å². The second-order valence-corrected chi connectivity index (χ2v) is 5.79. The number of benzene rings is 1. The molecule has 5 nitrogen and oxygen atoms in total. The van der Waals surface area contributed by atoms with E-state index in [2.05, 4.69) is 10.2 Å². The predicted octanol–water partition coefficient (Wildman–Crippen LogP) is 0.772. The molecule has 0 radical (unpaired) electrons. The van der Waals surface area contributed by atoms with Gasteiger partial charge in [0.25, 0.3) is 5.91 Å². The zero-order valence-electron chi connectivity index (χ0n) is 12.1. The lowest BCUT2D eigenvalue weighted by Gasteiger charge is -2.33. The molecule has 1 aliphatic carbocycles. The van der Waals surface area contributed by atoms with Gasteiger partial charge in [0, 0.05) is 31.2 Å². The maximum absolute atomic E-state index is 12.1. The first-order valence-corrected chi connectivity index (χ1v) is 7.60. The average Bonchev–Trinajstić information content (AvgIpc) is 3.38. The quantitative estimate of drug-likeness (QED) is 0.841. The number of hydrogen-bond donors (Lipinski definition) is 2. The van der Waals surface area contributed by atoms with E-state index in [4.69, 9.17) is 9.84 Å². The van der Waals surface area contributed by atoms with E-state index in [9.17, 15) is 4.79 Å². The van der Waals surface area contributed by atoms with Crippen LogP contribution in [0.2, 0.25) is 0 Å². The SMILES string of the molecule is O=C(NCC1CN(C2CC2)CCO1)c1cccc(CO)c1. The van der Waals surface area contributed by atoms with Gasteiger partial charge in [-0.25, -0.2) is 0 Å². The second-order valence-electron chi connectivity index (χ2n) is 5.79. The zero-order chi connectivity index (χ0) is 14.7. The number of carbonyl (C=O) groups is 1. The topological polar surface area (TPSA) is 61.8 Å². The first kappa shape index (κ1) is 14.5. The summed E-state index contributed by atoms with van der Waals surface area (Å²) in [4.78, 5) is 14.6. The molecule has 3 rings (SSSR count). The van der Waals surface area contributed by atoms with Crippen LogP contribution in [0.4, 0.5) is 0 Å². The monoisotopic (exact) mass is 290 g/mol. The summed E-state index contributed by atoms with van der Waals surface area (Å²) >= 11 is 0. The summed E-state index contributed by atoms with van der Waals surface area (Å²) in [5.41, 5.74) is 1.33. The number of morpholine rings is 1. The molecule has 1 saturated heterocycles. The van der Waals surface area contributed by atoms with Crippen molar-refractivity contribution in [3.8, 4) is 0 Å². The van der Waals surface area contributed by atoms with Gasteiger partial charge in [0.1, 0.15) is 0 Å². The molecular formula is C16H22N2O3. The highest BCUT2D eigenvalue weighted by atomic mass is 16.5. The number of amides is 1. The Morgan fingerprint density at radius 3 is 3.05 bits per heavy atom. The smallest absolute Gasteiger partial charge is 0.251 e. The number of carbonyl (C=O) groups excluding carboxylic acids is 1. The van der Waals surface area contributed by atoms with Crippen molar-refractivity contribution in [3.05, 3.63) is 35.4 Å². The van der Waals surface area contributed by atoms with Crippen LogP contribution in [0.1, 0.15) is 28.8 Å². The van der Waals surface area contributed by atoms with E-state index >= 15 is 0 Å².